The predicted octanol–water partition coefficient (Wildman–Crippen LogP) is 1.17. The lowest BCUT2D eigenvalue weighted by molar-refractivity contribution is -0.124. The molecule has 0 saturated carbocycles. The van der Waals surface area contributed by atoms with Crippen LogP contribution in [0.3, 0.4) is 0 Å². The summed E-state index contributed by atoms with van der Waals surface area (Å²) in [6.45, 7) is 5.22. The highest BCUT2D eigenvalue weighted by atomic mass is 16.1. The fraction of sp³-hybridized carbons (Fsp3) is 0.875. The Hall–Kier alpha value is -0.530. The van der Waals surface area contributed by atoms with E-state index in [9.17, 15) is 4.79 Å². The van der Waals surface area contributed by atoms with Crippen LogP contribution in [0.4, 0.5) is 0 Å². The smallest absolute Gasteiger partial charge is 0.220 e. The Bertz CT molecular complexity index is 133. The fourth-order valence-corrected chi connectivity index (χ4v) is 1.52. The largest absolute Gasteiger partial charge is 0.356 e. The van der Waals surface area contributed by atoms with Crippen LogP contribution in [-0.2, 0) is 4.79 Å². The first-order valence-electron chi connectivity index (χ1n) is 4.00. The summed E-state index contributed by atoms with van der Waals surface area (Å²) in [5.41, 5.74) is 0. The van der Waals surface area contributed by atoms with Crippen molar-refractivity contribution in [3.05, 3.63) is 0 Å². The maximum atomic E-state index is 10.8. The second-order valence-corrected chi connectivity index (χ2v) is 3.15. The number of hydrogen-bond donors (Lipinski definition) is 1. The molecule has 1 rings (SSSR count). The Morgan fingerprint density at radius 2 is 2.40 bits per heavy atom. The molecule has 0 aromatic carbocycles. The first-order chi connectivity index (χ1) is 4.74. The van der Waals surface area contributed by atoms with Crippen LogP contribution in [0.2, 0.25) is 0 Å². The summed E-state index contributed by atoms with van der Waals surface area (Å²) in [5.74, 6) is 1.51. The van der Waals surface area contributed by atoms with Gasteiger partial charge < -0.3 is 5.32 Å². The van der Waals surface area contributed by atoms with Gasteiger partial charge in [0.2, 0.25) is 5.91 Å². The molecule has 58 valence electrons. The minimum Gasteiger partial charge on any atom is -0.356 e. The number of rotatable bonds is 1. The van der Waals surface area contributed by atoms with Crippen molar-refractivity contribution >= 4 is 5.91 Å². The topological polar surface area (TPSA) is 29.1 Å². The minimum atomic E-state index is 0.220. The highest BCUT2D eigenvalue weighted by Gasteiger charge is 2.23. The van der Waals surface area contributed by atoms with Crippen molar-refractivity contribution in [1.82, 2.24) is 5.32 Å². The highest BCUT2D eigenvalue weighted by Crippen LogP contribution is 2.21. The van der Waals surface area contributed by atoms with E-state index in [0.29, 0.717) is 11.8 Å². The van der Waals surface area contributed by atoms with Crippen molar-refractivity contribution in [1.29, 1.82) is 0 Å². The molecule has 2 atom stereocenters. The van der Waals surface area contributed by atoms with Gasteiger partial charge >= 0.3 is 0 Å². The Morgan fingerprint density at radius 1 is 1.70 bits per heavy atom. The molecule has 1 aliphatic rings. The average Bonchev–Trinajstić information content (AvgIpc) is 1.88. The van der Waals surface area contributed by atoms with Gasteiger partial charge in [-0.25, -0.2) is 0 Å². The van der Waals surface area contributed by atoms with Crippen molar-refractivity contribution in [2.45, 2.75) is 26.7 Å². The second-order valence-electron chi connectivity index (χ2n) is 3.15. The summed E-state index contributed by atoms with van der Waals surface area (Å²) in [7, 11) is 0. The predicted molar refractivity (Wildman–Crippen MR) is 40.6 cm³/mol. The van der Waals surface area contributed by atoms with Gasteiger partial charge in [-0.05, 0) is 11.8 Å². The molecule has 2 nitrogen and oxygen atoms in total. The third-order valence-corrected chi connectivity index (χ3v) is 2.40. The second kappa shape index (κ2) is 3.04. The molecule has 10 heavy (non-hydrogen) atoms. The van der Waals surface area contributed by atoms with E-state index in [2.05, 4.69) is 19.2 Å². The zero-order valence-electron chi connectivity index (χ0n) is 6.68. The van der Waals surface area contributed by atoms with Crippen LogP contribution in [0.1, 0.15) is 26.7 Å². The van der Waals surface area contributed by atoms with Crippen LogP contribution in [0, 0.1) is 11.8 Å². The third kappa shape index (κ3) is 1.49. The Morgan fingerprint density at radius 3 is 2.90 bits per heavy atom. The first-order valence-corrected chi connectivity index (χ1v) is 4.00. The zero-order chi connectivity index (χ0) is 7.56. The zero-order valence-corrected chi connectivity index (χ0v) is 6.68. The van der Waals surface area contributed by atoms with E-state index < -0.39 is 0 Å². The monoisotopic (exact) mass is 141 g/mol. The lowest BCUT2D eigenvalue weighted by Gasteiger charge is -2.27. The summed E-state index contributed by atoms with van der Waals surface area (Å²) in [5, 5.41) is 2.87. The van der Waals surface area contributed by atoms with Gasteiger partial charge in [0.1, 0.15) is 0 Å². The van der Waals surface area contributed by atoms with Gasteiger partial charge in [-0.2, -0.15) is 0 Å². The molecule has 0 bridgehead atoms. The van der Waals surface area contributed by atoms with Crippen molar-refractivity contribution in [3.8, 4) is 0 Å². The van der Waals surface area contributed by atoms with Gasteiger partial charge in [-0.15, -0.1) is 0 Å². The highest BCUT2D eigenvalue weighted by molar-refractivity contribution is 5.76. The van der Waals surface area contributed by atoms with Gasteiger partial charge in [-0.1, -0.05) is 20.3 Å². The molecule has 0 spiro atoms. The van der Waals surface area contributed by atoms with Crippen LogP contribution in [-0.4, -0.2) is 12.5 Å². The molecule has 1 saturated heterocycles. The summed E-state index contributed by atoms with van der Waals surface area (Å²) >= 11 is 0. The lowest BCUT2D eigenvalue weighted by atomic mass is 9.86. The molecule has 1 fully saturated rings. The molecular weight excluding hydrogens is 126 g/mol. The summed E-state index contributed by atoms with van der Waals surface area (Å²) in [6, 6.07) is 0. The van der Waals surface area contributed by atoms with Crippen LogP contribution in [0.5, 0.6) is 0 Å². The molecule has 0 radical (unpaired) electrons. The molecule has 0 aromatic rings. The Kier molecular flexibility index (Phi) is 2.30. The van der Waals surface area contributed by atoms with Crippen molar-refractivity contribution in [2.24, 2.45) is 11.8 Å². The molecule has 0 aromatic heterocycles. The Balaban J connectivity index is 2.43. The van der Waals surface area contributed by atoms with Gasteiger partial charge in [0.05, 0.1) is 0 Å². The molecule has 1 N–H and O–H groups in total. The number of hydrogen-bond acceptors (Lipinski definition) is 1. The van der Waals surface area contributed by atoms with Crippen LogP contribution >= 0.6 is 0 Å². The van der Waals surface area contributed by atoms with Gasteiger partial charge in [0.25, 0.3) is 0 Å². The Labute approximate surface area is 62.0 Å². The first kappa shape index (κ1) is 7.58. The number of nitrogens with one attached hydrogen (secondary N) is 1. The molecule has 0 unspecified atom stereocenters. The third-order valence-electron chi connectivity index (χ3n) is 2.40. The summed E-state index contributed by atoms with van der Waals surface area (Å²) in [4.78, 5) is 10.8. The quantitative estimate of drug-likeness (QED) is 0.583. The van der Waals surface area contributed by atoms with E-state index in [1.54, 1.807) is 0 Å². The fourth-order valence-electron chi connectivity index (χ4n) is 1.52. The normalized spacial score (nSPS) is 33.6. The number of amides is 1. The van der Waals surface area contributed by atoms with Crippen LogP contribution < -0.4 is 5.32 Å². The molecule has 0 aliphatic carbocycles. The van der Waals surface area contributed by atoms with Crippen molar-refractivity contribution in [2.75, 3.05) is 6.54 Å². The molecule has 2 heteroatoms. The average molecular weight is 141 g/mol. The van der Waals surface area contributed by atoms with Gasteiger partial charge in [0, 0.05) is 13.0 Å². The van der Waals surface area contributed by atoms with E-state index in [0.717, 1.165) is 13.0 Å². The van der Waals surface area contributed by atoms with E-state index in [4.69, 9.17) is 0 Å². The standard InChI is InChI=1S/C8H15NO/c1-3-7-5-9-8(10)4-6(7)2/h6-7H,3-5H2,1-2H3,(H,9,10)/t6-,7-/m1/s1. The van der Waals surface area contributed by atoms with E-state index in [1.807, 2.05) is 0 Å². The molecular formula is C8H15NO. The molecule has 1 amide bonds. The van der Waals surface area contributed by atoms with Crippen LogP contribution in [0.25, 0.3) is 0 Å². The SMILES string of the molecule is CC[C@@H]1CNC(=O)C[C@H]1C. The summed E-state index contributed by atoms with van der Waals surface area (Å²) in [6.07, 6.45) is 1.90. The van der Waals surface area contributed by atoms with Crippen molar-refractivity contribution in [3.63, 3.8) is 0 Å². The van der Waals surface area contributed by atoms with E-state index in [-0.39, 0.29) is 5.91 Å². The number of carbonyl (C=O) groups excluding carboxylic acids is 1. The molecule has 1 heterocycles. The van der Waals surface area contributed by atoms with E-state index in [1.165, 1.54) is 6.42 Å². The number of carbonyl (C=O) groups is 1. The van der Waals surface area contributed by atoms with Gasteiger partial charge in [0.15, 0.2) is 0 Å². The number of piperidine rings is 1. The van der Waals surface area contributed by atoms with E-state index >= 15 is 0 Å². The van der Waals surface area contributed by atoms with Gasteiger partial charge in [-0.3, -0.25) is 4.79 Å². The van der Waals surface area contributed by atoms with Crippen LogP contribution in [0.15, 0.2) is 0 Å². The lowest BCUT2D eigenvalue weighted by Crippen LogP contribution is -2.39. The van der Waals surface area contributed by atoms with Crippen molar-refractivity contribution < 1.29 is 4.79 Å². The maximum absolute atomic E-state index is 10.8. The molecule has 1 aliphatic heterocycles. The summed E-state index contributed by atoms with van der Waals surface area (Å²) < 4.78 is 0. The maximum Gasteiger partial charge on any atom is 0.220 e. The minimum absolute atomic E-state index is 0.220.